The van der Waals surface area contributed by atoms with Crippen LogP contribution in [0.1, 0.15) is 13.8 Å². The minimum atomic E-state index is -3.57. The van der Waals surface area contributed by atoms with E-state index in [4.69, 9.17) is 25.4 Å². The van der Waals surface area contributed by atoms with Gasteiger partial charge in [-0.25, -0.2) is 8.42 Å². The maximum absolute atomic E-state index is 12.8. The number of nitrogens with one attached hydrogen (secondary N) is 2. The molecule has 14 heteroatoms. The molecule has 1 heterocycles. The van der Waals surface area contributed by atoms with Crippen molar-refractivity contribution in [1.82, 2.24) is 15.2 Å². The van der Waals surface area contributed by atoms with E-state index in [9.17, 15) is 13.0 Å². The summed E-state index contributed by atoms with van der Waals surface area (Å²) in [5, 5.41) is 13.3. The van der Waals surface area contributed by atoms with E-state index >= 15 is 0 Å². The SMILES string of the molecule is COc1cc(P(=O)(OC)OC)ccc1Nc1nnc(Cl)c(Nc2ccccc2S(=O)(=O)C(C)C)n1. The molecule has 0 aliphatic carbocycles. The Morgan fingerprint density at radius 1 is 0.971 bits per heavy atom. The average molecular weight is 542 g/mol. The number of halogens is 1. The molecule has 2 N–H and O–H groups in total. The maximum Gasteiger partial charge on any atom is 0.360 e. The predicted molar refractivity (Wildman–Crippen MR) is 134 cm³/mol. The van der Waals surface area contributed by atoms with Gasteiger partial charge in [0.25, 0.3) is 0 Å². The third kappa shape index (κ3) is 5.74. The number of nitrogens with zero attached hydrogens (tertiary/aromatic N) is 3. The van der Waals surface area contributed by atoms with Crippen LogP contribution in [-0.2, 0) is 23.4 Å². The lowest BCUT2D eigenvalue weighted by Crippen LogP contribution is -2.16. The van der Waals surface area contributed by atoms with E-state index in [0.29, 0.717) is 22.4 Å². The Hall–Kier alpha value is -2.76. The molecule has 0 unspecified atom stereocenters. The van der Waals surface area contributed by atoms with Crippen molar-refractivity contribution in [3.63, 3.8) is 0 Å². The molecular weight excluding hydrogens is 517 g/mol. The number of methoxy groups -OCH3 is 1. The van der Waals surface area contributed by atoms with Crippen molar-refractivity contribution in [3.05, 3.63) is 47.6 Å². The van der Waals surface area contributed by atoms with Gasteiger partial charge in [0, 0.05) is 14.2 Å². The van der Waals surface area contributed by atoms with Crippen LogP contribution < -0.4 is 20.7 Å². The van der Waals surface area contributed by atoms with Crippen LogP contribution in [0.15, 0.2) is 47.4 Å². The fraction of sp³-hybridized carbons (Fsp3) is 0.286. The third-order valence-electron chi connectivity index (χ3n) is 4.94. The van der Waals surface area contributed by atoms with Gasteiger partial charge in [0.15, 0.2) is 20.8 Å². The number of benzene rings is 2. The minimum absolute atomic E-state index is 0.0498. The van der Waals surface area contributed by atoms with Crippen molar-refractivity contribution in [3.8, 4) is 5.75 Å². The summed E-state index contributed by atoms with van der Waals surface area (Å²) in [5.74, 6) is 0.460. The number of para-hydroxylation sites is 1. The summed E-state index contributed by atoms with van der Waals surface area (Å²) in [6.45, 7) is 3.20. The number of hydrogen-bond acceptors (Lipinski definition) is 11. The highest BCUT2D eigenvalue weighted by atomic mass is 35.5. The normalized spacial score (nSPS) is 12.0. The summed E-state index contributed by atoms with van der Waals surface area (Å²) in [6, 6.07) is 11.1. The summed E-state index contributed by atoms with van der Waals surface area (Å²) in [6.07, 6.45) is 0. The second-order valence-corrected chi connectivity index (χ2v) is 12.4. The molecule has 0 fully saturated rings. The summed E-state index contributed by atoms with van der Waals surface area (Å²) >= 11 is 6.18. The molecule has 11 nitrogen and oxygen atoms in total. The Morgan fingerprint density at radius 2 is 1.66 bits per heavy atom. The van der Waals surface area contributed by atoms with Crippen LogP contribution in [0.5, 0.6) is 5.75 Å². The fourth-order valence-corrected chi connectivity index (χ4v) is 5.44. The molecule has 1 aromatic heterocycles. The summed E-state index contributed by atoms with van der Waals surface area (Å²) in [4.78, 5) is 4.44. The molecule has 0 aliphatic heterocycles. The van der Waals surface area contributed by atoms with Crippen molar-refractivity contribution in [2.75, 3.05) is 32.0 Å². The molecule has 0 bridgehead atoms. The van der Waals surface area contributed by atoms with Crippen LogP contribution in [0, 0.1) is 0 Å². The molecule has 0 aliphatic rings. The van der Waals surface area contributed by atoms with E-state index in [1.165, 1.54) is 33.5 Å². The van der Waals surface area contributed by atoms with Gasteiger partial charge in [0.2, 0.25) is 5.95 Å². The maximum atomic E-state index is 12.8. The second-order valence-electron chi connectivity index (χ2n) is 7.36. The lowest BCUT2D eigenvalue weighted by molar-refractivity contribution is 0.287. The molecule has 35 heavy (non-hydrogen) atoms. The number of aromatic nitrogens is 3. The van der Waals surface area contributed by atoms with Gasteiger partial charge in [-0.3, -0.25) is 4.57 Å². The van der Waals surface area contributed by atoms with Crippen LogP contribution >= 0.6 is 19.2 Å². The van der Waals surface area contributed by atoms with Crippen LogP contribution in [-0.4, -0.2) is 50.2 Å². The van der Waals surface area contributed by atoms with Gasteiger partial charge in [-0.1, -0.05) is 23.7 Å². The highest BCUT2D eigenvalue weighted by molar-refractivity contribution is 7.92. The first-order valence-electron chi connectivity index (χ1n) is 10.2. The van der Waals surface area contributed by atoms with Crippen molar-refractivity contribution in [2.45, 2.75) is 24.0 Å². The number of rotatable bonds is 10. The molecule has 3 rings (SSSR count). The van der Waals surface area contributed by atoms with E-state index in [-0.39, 0.29) is 21.8 Å². The van der Waals surface area contributed by atoms with E-state index < -0.39 is 22.7 Å². The van der Waals surface area contributed by atoms with Crippen LogP contribution in [0.4, 0.5) is 23.1 Å². The Morgan fingerprint density at radius 3 is 2.29 bits per heavy atom. The molecule has 3 aromatic rings. The molecule has 0 amide bonds. The standard InChI is InChI=1S/C21H25ClN5O6PS/c1-13(2)35(29,30)18-9-7-6-8-16(18)23-20-19(22)26-27-21(25-20)24-15-11-10-14(12-17(15)31-3)34(28,32-4)33-5/h6-13H,1-5H3,(H2,23,24,25,27). The van der Waals surface area contributed by atoms with Gasteiger partial charge in [-0.05, 0) is 44.2 Å². The summed E-state index contributed by atoms with van der Waals surface area (Å²) < 4.78 is 53.6. The van der Waals surface area contributed by atoms with Crippen LogP contribution in [0.3, 0.4) is 0 Å². The van der Waals surface area contributed by atoms with E-state index in [2.05, 4.69) is 25.8 Å². The highest BCUT2D eigenvalue weighted by Crippen LogP contribution is 2.46. The molecule has 2 aromatic carbocycles. The fourth-order valence-electron chi connectivity index (χ4n) is 3.00. The number of ether oxygens (including phenoxy) is 1. The molecule has 0 spiro atoms. The lowest BCUT2D eigenvalue weighted by Gasteiger charge is -2.17. The summed E-state index contributed by atoms with van der Waals surface area (Å²) in [5.41, 5.74) is 0.735. The van der Waals surface area contributed by atoms with Crippen molar-refractivity contribution >= 4 is 57.5 Å². The largest absolute Gasteiger partial charge is 0.495 e. The molecule has 0 atom stereocenters. The van der Waals surface area contributed by atoms with E-state index in [0.717, 1.165) is 0 Å². The van der Waals surface area contributed by atoms with Gasteiger partial charge in [-0.15, -0.1) is 10.2 Å². The first-order chi connectivity index (χ1) is 16.6. The molecule has 188 valence electrons. The Labute approximate surface area is 208 Å². The highest BCUT2D eigenvalue weighted by Gasteiger charge is 2.26. The van der Waals surface area contributed by atoms with Crippen LogP contribution in [0.2, 0.25) is 5.15 Å². The number of sulfone groups is 1. The van der Waals surface area contributed by atoms with Crippen molar-refractivity contribution in [2.24, 2.45) is 0 Å². The third-order valence-corrected chi connectivity index (χ3v) is 9.28. The Balaban J connectivity index is 1.95. The smallest absolute Gasteiger partial charge is 0.360 e. The molecular formula is C21H25ClN5O6PS. The van der Waals surface area contributed by atoms with Gasteiger partial charge < -0.3 is 24.4 Å². The molecule has 0 radical (unpaired) electrons. The quantitative estimate of drug-likeness (QED) is 0.354. The summed E-state index contributed by atoms with van der Waals surface area (Å²) in [7, 11) is -3.04. The van der Waals surface area contributed by atoms with Gasteiger partial charge >= 0.3 is 7.60 Å². The zero-order valence-electron chi connectivity index (χ0n) is 19.6. The topological polar surface area (TPSA) is 142 Å². The minimum Gasteiger partial charge on any atom is -0.495 e. The first-order valence-corrected chi connectivity index (χ1v) is 13.7. The van der Waals surface area contributed by atoms with Gasteiger partial charge in [0.05, 0.1) is 33.9 Å². The number of hydrogen-bond donors (Lipinski definition) is 2. The predicted octanol–water partition coefficient (Wildman–Crippen LogP) is 4.31. The zero-order chi connectivity index (χ0) is 25.8. The average Bonchev–Trinajstić information content (AvgIpc) is 2.85. The van der Waals surface area contributed by atoms with Gasteiger partial charge in [-0.2, -0.15) is 4.98 Å². The molecule has 0 saturated heterocycles. The Bertz CT molecular complexity index is 1360. The monoisotopic (exact) mass is 541 g/mol. The van der Waals surface area contributed by atoms with E-state index in [1.807, 2.05) is 0 Å². The second kappa shape index (κ2) is 10.9. The van der Waals surface area contributed by atoms with Crippen molar-refractivity contribution < 1.29 is 26.8 Å². The van der Waals surface area contributed by atoms with Crippen molar-refractivity contribution in [1.29, 1.82) is 0 Å². The first kappa shape index (κ1) is 26.8. The van der Waals surface area contributed by atoms with Gasteiger partial charge in [0.1, 0.15) is 5.75 Å². The Kier molecular flexibility index (Phi) is 8.34. The number of anilines is 4. The zero-order valence-corrected chi connectivity index (χ0v) is 22.1. The van der Waals surface area contributed by atoms with E-state index in [1.54, 1.807) is 44.2 Å². The van der Waals surface area contributed by atoms with Crippen LogP contribution in [0.25, 0.3) is 0 Å². The lowest BCUT2D eigenvalue weighted by atomic mass is 10.3. The molecule has 0 saturated carbocycles.